The van der Waals surface area contributed by atoms with E-state index in [9.17, 15) is 0 Å². The zero-order valence-corrected chi connectivity index (χ0v) is 32.8. The summed E-state index contributed by atoms with van der Waals surface area (Å²) in [4.78, 5) is 0. The van der Waals surface area contributed by atoms with Gasteiger partial charge in [-0.3, -0.25) is 0 Å². The van der Waals surface area contributed by atoms with Gasteiger partial charge in [0.2, 0.25) is 0 Å². The van der Waals surface area contributed by atoms with Gasteiger partial charge in [-0.15, -0.1) is 0 Å². The van der Waals surface area contributed by atoms with Gasteiger partial charge >= 0.3 is 291 Å². The van der Waals surface area contributed by atoms with E-state index < -0.39 is 36.9 Å². The Morgan fingerprint density at radius 2 is 1.00 bits per heavy atom. The van der Waals surface area contributed by atoms with Gasteiger partial charge in [-0.2, -0.15) is 0 Å². The van der Waals surface area contributed by atoms with Gasteiger partial charge in [0, 0.05) is 0 Å². The molecule has 0 bridgehead atoms. The fourth-order valence-corrected chi connectivity index (χ4v) is 22.0. The Labute approximate surface area is 295 Å². The average Bonchev–Trinajstić information content (AvgIpc) is 3.14. The molecule has 1 aliphatic heterocycles. The van der Waals surface area contributed by atoms with E-state index in [2.05, 4.69) is 81.5 Å². The third-order valence-corrected chi connectivity index (χ3v) is 24.9. The number of rotatable bonds is 22. The van der Waals surface area contributed by atoms with Crippen molar-refractivity contribution in [3.8, 4) is 0 Å². The fraction of sp³-hybridized carbons (Fsp3) is 0.524. The van der Waals surface area contributed by atoms with Crippen molar-refractivity contribution >= 4 is 18.4 Å². The summed E-state index contributed by atoms with van der Waals surface area (Å²) in [6, 6.07) is 30.9. The average molecular weight is 764 g/mol. The van der Waals surface area contributed by atoms with E-state index in [1.165, 1.54) is 56.3 Å². The van der Waals surface area contributed by atoms with Crippen molar-refractivity contribution in [1.29, 1.82) is 0 Å². The number of hydrogen-bond acceptors (Lipinski definition) is 5. The molecule has 5 atom stereocenters. The van der Waals surface area contributed by atoms with Gasteiger partial charge in [0.1, 0.15) is 0 Å². The Bertz CT molecular complexity index is 1250. The molecule has 0 amide bonds. The molecule has 6 heteroatoms. The molecule has 262 valence electrons. The van der Waals surface area contributed by atoms with Gasteiger partial charge in [-0.1, -0.05) is 6.07 Å². The SMILES string of the molecule is CCC[CH2][Sn]([CH2]C=C[C@H]1O[C@H](OC)[C@H](OCc2ccccc2)[C@@H](OCc2ccccc2)[C@@H]1OCc1ccccc1)([CH2]CCC)[CH2]CCC. The van der Waals surface area contributed by atoms with E-state index in [1.807, 2.05) is 42.5 Å². The standard InChI is InChI=1S/C30H33O5.3C4H9.Sn/c1-3-13-26-27(32-20-23-14-7-4-8-15-23)28(33-21-24-16-9-5-10-17-24)29(30(31-2)35-26)34-22-25-18-11-6-12-19-25;3*1-3-4-2;/h3-19,26-30H,1,20-22H2,2H3;3*1,3-4H2,2H3;/t26-,27-,28+,29-,30+;;;;/m1..../s1. The van der Waals surface area contributed by atoms with Gasteiger partial charge in [0.15, 0.2) is 0 Å². The fourth-order valence-electron chi connectivity index (χ4n) is 6.82. The molecule has 0 aromatic heterocycles. The molecule has 1 aliphatic rings. The summed E-state index contributed by atoms with van der Waals surface area (Å²) in [6.45, 7) is 8.35. The molecule has 3 aromatic carbocycles. The van der Waals surface area contributed by atoms with Gasteiger partial charge in [0.25, 0.3) is 0 Å². The van der Waals surface area contributed by atoms with Crippen molar-refractivity contribution < 1.29 is 23.7 Å². The monoisotopic (exact) mass is 764 g/mol. The molecule has 0 radical (unpaired) electrons. The van der Waals surface area contributed by atoms with Gasteiger partial charge < -0.3 is 0 Å². The number of ether oxygens (including phenoxy) is 5. The predicted molar refractivity (Wildman–Crippen MR) is 200 cm³/mol. The molecule has 3 aromatic rings. The Balaban J connectivity index is 1.64. The zero-order chi connectivity index (χ0) is 33.9. The van der Waals surface area contributed by atoms with Crippen molar-refractivity contribution in [2.75, 3.05) is 7.11 Å². The maximum atomic E-state index is 6.82. The van der Waals surface area contributed by atoms with Gasteiger partial charge in [-0.05, 0) is 0 Å². The van der Waals surface area contributed by atoms with Crippen LogP contribution in [-0.4, -0.2) is 56.2 Å². The van der Waals surface area contributed by atoms with E-state index in [4.69, 9.17) is 23.7 Å². The Hall–Kier alpha value is -2.00. The molecular weight excluding hydrogens is 703 g/mol. The molecule has 1 fully saturated rings. The minimum absolute atomic E-state index is 0.330. The van der Waals surface area contributed by atoms with Gasteiger partial charge in [-0.25, -0.2) is 0 Å². The van der Waals surface area contributed by atoms with Crippen LogP contribution >= 0.6 is 0 Å². The molecule has 0 saturated carbocycles. The summed E-state index contributed by atoms with van der Waals surface area (Å²) in [7, 11) is 1.70. The number of allylic oxidation sites excluding steroid dienone is 1. The quantitative estimate of drug-likeness (QED) is 0.0753. The third kappa shape index (κ3) is 12.4. The zero-order valence-electron chi connectivity index (χ0n) is 29.9. The predicted octanol–water partition coefficient (Wildman–Crippen LogP) is 10.5. The summed E-state index contributed by atoms with van der Waals surface area (Å²) >= 11 is -2.39. The summed E-state index contributed by atoms with van der Waals surface area (Å²) in [5, 5.41) is 0. The van der Waals surface area contributed by atoms with Crippen LogP contribution in [0.5, 0.6) is 0 Å². The van der Waals surface area contributed by atoms with E-state index in [-0.39, 0.29) is 12.2 Å². The molecule has 0 aliphatic carbocycles. The second kappa shape index (κ2) is 21.9. The molecule has 0 N–H and O–H groups in total. The number of hydrogen-bond donors (Lipinski definition) is 0. The normalized spacial score (nSPS) is 21.5. The van der Waals surface area contributed by atoms with Crippen LogP contribution in [0.3, 0.4) is 0 Å². The molecule has 48 heavy (non-hydrogen) atoms. The van der Waals surface area contributed by atoms with Crippen LogP contribution in [0.25, 0.3) is 0 Å². The van der Waals surface area contributed by atoms with Crippen molar-refractivity contribution in [1.82, 2.24) is 0 Å². The van der Waals surface area contributed by atoms with E-state index in [0.29, 0.717) is 19.8 Å². The van der Waals surface area contributed by atoms with Crippen LogP contribution in [0.15, 0.2) is 103 Å². The van der Waals surface area contributed by atoms with E-state index in [1.54, 1.807) is 7.11 Å². The van der Waals surface area contributed by atoms with Crippen LogP contribution in [0, 0.1) is 0 Å². The summed E-state index contributed by atoms with van der Waals surface area (Å²) in [5.74, 6) is 0. The third-order valence-electron chi connectivity index (χ3n) is 9.68. The molecule has 0 spiro atoms. The molecule has 4 rings (SSSR count). The molecule has 1 saturated heterocycles. The Kier molecular flexibility index (Phi) is 17.7. The second-order valence-corrected chi connectivity index (χ2v) is 27.4. The van der Waals surface area contributed by atoms with Crippen LogP contribution < -0.4 is 0 Å². The topological polar surface area (TPSA) is 46.2 Å². The molecule has 1 heterocycles. The summed E-state index contributed by atoms with van der Waals surface area (Å²) in [6.07, 6.45) is 10.5. The Morgan fingerprint density at radius 1 is 0.583 bits per heavy atom. The first-order valence-electron chi connectivity index (χ1n) is 18.4. The summed E-state index contributed by atoms with van der Waals surface area (Å²) in [5.41, 5.74) is 3.31. The number of benzene rings is 3. The molecule has 5 nitrogen and oxygen atoms in total. The van der Waals surface area contributed by atoms with E-state index in [0.717, 1.165) is 16.7 Å². The number of methoxy groups -OCH3 is 1. The van der Waals surface area contributed by atoms with E-state index >= 15 is 0 Å². The van der Waals surface area contributed by atoms with Crippen molar-refractivity contribution in [2.24, 2.45) is 0 Å². The molecule has 0 unspecified atom stereocenters. The molecular formula is C42H60O5Sn. The first-order chi connectivity index (χ1) is 23.6. The number of unbranched alkanes of at least 4 members (excludes halogenated alkanes) is 3. The van der Waals surface area contributed by atoms with Gasteiger partial charge in [0.05, 0.1) is 0 Å². The maximum absolute atomic E-state index is 6.82. The summed E-state index contributed by atoms with van der Waals surface area (Å²) < 4.78 is 38.7. The van der Waals surface area contributed by atoms with Crippen LogP contribution in [0.2, 0.25) is 17.7 Å². The van der Waals surface area contributed by atoms with Crippen LogP contribution in [0.4, 0.5) is 0 Å². The second-order valence-electron chi connectivity index (χ2n) is 13.4. The van der Waals surface area contributed by atoms with Crippen molar-refractivity contribution in [3.63, 3.8) is 0 Å². The van der Waals surface area contributed by atoms with Crippen LogP contribution in [-0.2, 0) is 43.5 Å². The first kappa shape index (κ1) is 38.8. The van der Waals surface area contributed by atoms with Crippen molar-refractivity contribution in [2.45, 2.75) is 128 Å². The minimum atomic E-state index is -2.39. The Morgan fingerprint density at radius 3 is 1.42 bits per heavy atom. The van der Waals surface area contributed by atoms with Crippen LogP contribution in [0.1, 0.15) is 76.0 Å². The van der Waals surface area contributed by atoms with Crippen molar-refractivity contribution in [3.05, 3.63) is 120 Å². The first-order valence-corrected chi connectivity index (χ1v) is 26.5.